The molecule has 0 aliphatic carbocycles. The fourth-order valence-corrected chi connectivity index (χ4v) is 2.52. The van der Waals surface area contributed by atoms with Gasteiger partial charge in [-0.25, -0.2) is 0 Å². The third-order valence-electron chi connectivity index (χ3n) is 3.75. The van der Waals surface area contributed by atoms with Crippen molar-refractivity contribution in [1.82, 2.24) is 15.2 Å². The van der Waals surface area contributed by atoms with Crippen LogP contribution in [0, 0.1) is 0 Å². The molecule has 0 bridgehead atoms. The molecule has 1 N–H and O–H groups in total. The first kappa shape index (κ1) is 14.4. The fraction of sp³-hybridized carbons (Fsp3) is 0.375. The van der Waals surface area contributed by atoms with Crippen molar-refractivity contribution in [2.75, 3.05) is 23.3 Å². The molecule has 0 radical (unpaired) electrons. The Kier molecular flexibility index (Phi) is 4.27. The van der Waals surface area contributed by atoms with Crippen LogP contribution in [0.2, 0.25) is 0 Å². The van der Waals surface area contributed by atoms with Gasteiger partial charge in [0, 0.05) is 24.3 Å². The van der Waals surface area contributed by atoms with Crippen molar-refractivity contribution in [2.45, 2.75) is 26.2 Å². The Morgan fingerprint density at radius 2 is 1.86 bits per heavy atom. The first-order valence-electron chi connectivity index (χ1n) is 7.55. The number of benzene rings is 1. The van der Waals surface area contributed by atoms with E-state index in [2.05, 4.69) is 25.4 Å². The van der Waals surface area contributed by atoms with Crippen molar-refractivity contribution in [2.24, 2.45) is 0 Å². The van der Waals surface area contributed by atoms with Gasteiger partial charge in [-0.1, -0.05) is 0 Å². The Labute approximate surface area is 129 Å². The number of aromatic nitrogens is 3. The van der Waals surface area contributed by atoms with Crippen LogP contribution in [0.15, 0.2) is 30.5 Å². The minimum atomic E-state index is 0.0580. The van der Waals surface area contributed by atoms with Gasteiger partial charge in [-0.3, -0.25) is 4.79 Å². The van der Waals surface area contributed by atoms with E-state index in [4.69, 9.17) is 0 Å². The lowest BCUT2D eigenvalue weighted by molar-refractivity contribution is 0.101. The zero-order chi connectivity index (χ0) is 15.4. The maximum Gasteiger partial charge on any atom is 0.247 e. The normalized spacial score (nSPS) is 14.7. The van der Waals surface area contributed by atoms with Crippen LogP contribution in [0.25, 0.3) is 0 Å². The molecule has 0 amide bonds. The van der Waals surface area contributed by atoms with Gasteiger partial charge in [-0.2, -0.15) is 10.1 Å². The van der Waals surface area contributed by atoms with Gasteiger partial charge in [0.15, 0.2) is 11.6 Å². The summed E-state index contributed by atoms with van der Waals surface area (Å²) in [7, 11) is 0. The van der Waals surface area contributed by atoms with E-state index in [1.807, 2.05) is 12.1 Å². The number of carbonyl (C=O) groups is 1. The zero-order valence-electron chi connectivity index (χ0n) is 12.6. The van der Waals surface area contributed by atoms with E-state index in [-0.39, 0.29) is 5.78 Å². The molecule has 0 unspecified atom stereocenters. The Bertz CT molecular complexity index is 650. The molecule has 6 nitrogen and oxygen atoms in total. The molecule has 2 aromatic rings. The topological polar surface area (TPSA) is 71.0 Å². The van der Waals surface area contributed by atoms with E-state index in [0.29, 0.717) is 17.3 Å². The highest BCUT2D eigenvalue weighted by Gasteiger charge is 2.14. The van der Waals surface area contributed by atoms with E-state index >= 15 is 0 Å². The smallest absolute Gasteiger partial charge is 0.247 e. The zero-order valence-corrected chi connectivity index (χ0v) is 12.6. The number of Topliss-reactive ketones (excluding diaryl/α,β-unsaturated/α-hetero) is 1. The summed E-state index contributed by atoms with van der Waals surface area (Å²) in [6.45, 7) is 3.53. The molecule has 6 heteroatoms. The molecular weight excluding hydrogens is 278 g/mol. The first-order valence-corrected chi connectivity index (χ1v) is 7.55. The standard InChI is InChI=1S/C16H19N5O/c1-12(22)13-5-7-14(8-6-13)18-15-11-17-20-16(19-15)21-9-3-2-4-10-21/h5-8,11H,2-4,9-10H2,1H3,(H,18,19,20). The second-order valence-corrected chi connectivity index (χ2v) is 5.45. The summed E-state index contributed by atoms with van der Waals surface area (Å²) in [6, 6.07) is 7.31. The second kappa shape index (κ2) is 6.51. The van der Waals surface area contributed by atoms with E-state index in [1.165, 1.54) is 19.3 Å². The number of hydrogen-bond acceptors (Lipinski definition) is 6. The van der Waals surface area contributed by atoms with Gasteiger partial charge in [0.25, 0.3) is 0 Å². The molecule has 1 aromatic carbocycles. The van der Waals surface area contributed by atoms with Crippen LogP contribution in [0.3, 0.4) is 0 Å². The molecule has 1 aromatic heterocycles. The molecular formula is C16H19N5O. The van der Waals surface area contributed by atoms with Gasteiger partial charge in [0.2, 0.25) is 5.95 Å². The molecule has 1 saturated heterocycles. The number of hydrogen-bond donors (Lipinski definition) is 1. The molecule has 114 valence electrons. The Morgan fingerprint density at radius 1 is 1.14 bits per heavy atom. The number of ketones is 1. The van der Waals surface area contributed by atoms with Crippen molar-refractivity contribution < 1.29 is 4.79 Å². The van der Waals surface area contributed by atoms with Crippen molar-refractivity contribution in [3.8, 4) is 0 Å². The molecule has 3 rings (SSSR count). The summed E-state index contributed by atoms with van der Waals surface area (Å²) in [5.41, 5.74) is 1.57. The number of nitrogens with one attached hydrogen (secondary N) is 1. The van der Waals surface area contributed by atoms with Crippen LogP contribution in [0.1, 0.15) is 36.5 Å². The molecule has 2 heterocycles. The number of piperidine rings is 1. The van der Waals surface area contributed by atoms with Gasteiger partial charge < -0.3 is 10.2 Å². The van der Waals surface area contributed by atoms with Crippen LogP contribution in [-0.4, -0.2) is 34.1 Å². The Balaban J connectivity index is 1.73. The third-order valence-corrected chi connectivity index (χ3v) is 3.75. The summed E-state index contributed by atoms with van der Waals surface area (Å²) in [6.07, 6.45) is 5.22. The summed E-state index contributed by atoms with van der Waals surface area (Å²) >= 11 is 0. The minimum absolute atomic E-state index is 0.0580. The largest absolute Gasteiger partial charge is 0.339 e. The average molecular weight is 297 g/mol. The monoisotopic (exact) mass is 297 g/mol. The van der Waals surface area contributed by atoms with Crippen molar-refractivity contribution in [1.29, 1.82) is 0 Å². The highest BCUT2D eigenvalue weighted by molar-refractivity contribution is 5.94. The summed E-state index contributed by atoms with van der Waals surface area (Å²) < 4.78 is 0. The summed E-state index contributed by atoms with van der Waals surface area (Å²) in [4.78, 5) is 18.0. The molecule has 0 spiro atoms. The second-order valence-electron chi connectivity index (χ2n) is 5.45. The van der Waals surface area contributed by atoms with Gasteiger partial charge in [-0.05, 0) is 50.5 Å². The van der Waals surface area contributed by atoms with Gasteiger partial charge in [0.1, 0.15) is 0 Å². The number of carbonyl (C=O) groups excluding carboxylic acids is 1. The number of anilines is 3. The molecule has 1 aliphatic heterocycles. The average Bonchev–Trinajstić information content (AvgIpc) is 2.56. The van der Waals surface area contributed by atoms with Crippen LogP contribution < -0.4 is 10.2 Å². The molecule has 0 saturated carbocycles. The number of nitrogens with zero attached hydrogens (tertiary/aromatic N) is 4. The SMILES string of the molecule is CC(=O)c1ccc(Nc2cnnc(N3CCCCC3)n2)cc1. The molecule has 1 aliphatic rings. The number of rotatable bonds is 4. The molecule has 1 fully saturated rings. The predicted molar refractivity (Wildman–Crippen MR) is 85.6 cm³/mol. The lowest BCUT2D eigenvalue weighted by Gasteiger charge is -2.26. The van der Waals surface area contributed by atoms with Crippen molar-refractivity contribution in [3.05, 3.63) is 36.0 Å². The van der Waals surface area contributed by atoms with Gasteiger partial charge in [0.05, 0.1) is 6.20 Å². The quantitative estimate of drug-likeness (QED) is 0.875. The summed E-state index contributed by atoms with van der Waals surface area (Å²) in [5, 5.41) is 11.4. The van der Waals surface area contributed by atoms with Crippen LogP contribution in [0.5, 0.6) is 0 Å². The highest BCUT2D eigenvalue weighted by Crippen LogP contribution is 2.19. The lowest BCUT2D eigenvalue weighted by atomic mass is 10.1. The third kappa shape index (κ3) is 3.39. The fourth-order valence-electron chi connectivity index (χ4n) is 2.52. The van der Waals surface area contributed by atoms with Crippen LogP contribution in [-0.2, 0) is 0 Å². The first-order chi connectivity index (χ1) is 10.7. The highest BCUT2D eigenvalue weighted by atomic mass is 16.1. The Hall–Kier alpha value is -2.50. The predicted octanol–water partition coefficient (Wildman–Crippen LogP) is 2.81. The van der Waals surface area contributed by atoms with Crippen molar-refractivity contribution in [3.63, 3.8) is 0 Å². The van der Waals surface area contributed by atoms with E-state index < -0.39 is 0 Å². The Morgan fingerprint density at radius 3 is 2.55 bits per heavy atom. The summed E-state index contributed by atoms with van der Waals surface area (Å²) in [5.74, 6) is 1.39. The van der Waals surface area contributed by atoms with Crippen molar-refractivity contribution >= 4 is 23.2 Å². The van der Waals surface area contributed by atoms with Crippen LogP contribution in [0.4, 0.5) is 17.5 Å². The van der Waals surface area contributed by atoms with Crippen LogP contribution >= 0.6 is 0 Å². The van der Waals surface area contributed by atoms with Gasteiger partial charge >= 0.3 is 0 Å². The van der Waals surface area contributed by atoms with E-state index in [1.54, 1.807) is 25.3 Å². The van der Waals surface area contributed by atoms with Gasteiger partial charge in [-0.15, -0.1) is 5.10 Å². The maximum atomic E-state index is 11.3. The molecule has 0 atom stereocenters. The van der Waals surface area contributed by atoms with E-state index in [0.717, 1.165) is 18.8 Å². The minimum Gasteiger partial charge on any atom is -0.339 e. The van der Waals surface area contributed by atoms with E-state index in [9.17, 15) is 4.79 Å². The molecule has 22 heavy (non-hydrogen) atoms. The maximum absolute atomic E-state index is 11.3. The lowest BCUT2D eigenvalue weighted by Crippen LogP contribution is -2.31.